The summed E-state index contributed by atoms with van der Waals surface area (Å²) in [5.74, 6) is 1.03. The first kappa shape index (κ1) is 13.5. The van der Waals surface area contributed by atoms with E-state index in [9.17, 15) is 4.79 Å². The van der Waals surface area contributed by atoms with Crippen LogP contribution >= 0.6 is 0 Å². The zero-order chi connectivity index (χ0) is 15.0. The van der Waals surface area contributed by atoms with Crippen molar-refractivity contribution in [2.45, 2.75) is 19.3 Å². The van der Waals surface area contributed by atoms with Crippen LogP contribution in [-0.4, -0.2) is 24.0 Å². The number of hydrogen-bond acceptors (Lipinski definition) is 4. The second-order valence-corrected chi connectivity index (χ2v) is 6.30. The van der Waals surface area contributed by atoms with Crippen LogP contribution in [0.4, 0.5) is 5.69 Å². The van der Waals surface area contributed by atoms with Gasteiger partial charge in [0.1, 0.15) is 0 Å². The predicted molar refractivity (Wildman–Crippen MR) is 83.2 cm³/mol. The number of nitrogens with one attached hydrogen (secondary N) is 2. The van der Waals surface area contributed by atoms with Gasteiger partial charge < -0.3 is 15.1 Å². The zero-order valence-corrected chi connectivity index (χ0v) is 12.3. The van der Waals surface area contributed by atoms with Gasteiger partial charge in [0.25, 0.3) is 0 Å². The minimum absolute atomic E-state index is 0.150. The maximum atomic E-state index is 12.5. The molecule has 1 atom stereocenters. The van der Waals surface area contributed by atoms with Gasteiger partial charge in [-0.2, -0.15) is 0 Å². The maximum Gasteiger partial charge on any atom is 0.228 e. The lowest BCUT2D eigenvalue weighted by atomic mass is 9.92. The molecular formula is C17H19N3O2. The lowest BCUT2D eigenvalue weighted by molar-refractivity contribution is -0.118. The Morgan fingerprint density at radius 2 is 2.23 bits per heavy atom. The number of benzene rings is 1. The summed E-state index contributed by atoms with van der Waals surface area (Å²) in [5, 5.41) is 6.42. The maximum absolute atomic E-state index is 12.5. The third kappa shape index (κ3) is 2.41. The molecular weight excluding hydrogens is 278 g/mol. The minimum Gasteiger partial charge on any atom is -0.444 e. The largest absolute Gasteiger partial charge is 0.444 e. The Balaban J connectivity index is 1.45. The van der Waals surface area contributed by atoms with Crippen LogP contribution in [0.25, 0.3) is 11.3 Å². The molecule has 1 spiro atoms. The predicted octanol–water partition coefficient (Wildman–Crippen LogP) is 2.67. The van der Waals surface area contributed by atoms with Gasteiger partial charge in [-0.25, -0.2) is 4.98 Å². The normalized spacial score (nSPS) is 22.5. The van der Waals surface area contributed by atoms with Crippen LogP contribution < -0.4 is 10.6 Å². The van der Waals surface area contributed by atoms with E-state index in [1.165, 1.54) is 6.39 Å². The van der Waals surface area contributed by atoms with E-state index in [2.05, 4.69) is 15.6 Å². The zero-order valence-electron chi connectivity index (χ0n) is 12.3. The SMILES string of the molecule is O=C(Nc1cccc(-c2cnco2)c1)C1CC12CCNCC2. The fourth-order valence-corrected chi connectivity index (χ4v) is 3.53. The monoisotopic (exact) mass is 297 g/mol. The summed E-state index contributed by atoms with van der Waals surface area (Å²) in [6, 6.07) is 7.70. The molecule has 1 aliphatic heterocycles. The summed E-state index contributed by atoms with van der Waals surface area (Å²) >= 11 is 0. The van der Waals surface area contributed by atoms with Gasteiger partial charge in [0.05, 0.1) is 6.20 Å². The average molecular weight is 297 g/mol. The molecule has 2 aliphatic rings. The highest BCUT2D eigenvalue weighted by molar-refractivity contribution is 5.95. The van der Waals surface area contributed by atoms with Crippen LogP contribution in [-0.2, 0) is 4.79 Å². The summed E-state index contributed by atoms with van der Waals surface area (Å²) in [7, 11) is 0. The van der Waals surface area contributed by atoms with Crippen molar-refractivity contribution in [3.05, 3.63) is 36.9 Å². The summed E-state index contributed by atoms with van der Waals surface area (Å²) in [5.41, 5.74) is 2.00. The second kappa shape index (κ2) is 5.25. The van der Waals surface area contributed by atoms with Crippen LogP contribution in [0.5, 0.6) is 0 Å². The number of rotatable bonds is 3. The highest BCUT2D eigenvalue weighted by atomic mass is 16.3. The Morgan fingerprint density at radius 3 is 3.00 bits per heavy atom. The Hall–Kier alpha value is -2.14. The van der Waals surface area contributed by atoms with Gasteiger partial charge in [0.2, 0.25) is 5.91 Å². The summed E-state index contributed by atoms with van der Waals surface area (Å²) < 4.78 is 5.30. The van der Waals surface area contributed by atoms with Gasteiger partial charge in [-0.05, 0) is 49.9 Å². The Kier molecular flexibility index (Phi) is 3.22. The van der Waals surface area contributed by atoms with E-state index >= 15 is 0 Å². The number of anilines is 1. The first-order valence-electron chi connectivity index (χ1n) is 7.77. The van der Waals surface area contributed by atoms with Gasteiger partial charge in [-0.15, -0.1) is 0 Å². The average Bonchev–Trinajstić information content (AvgIpc) is 3.00. The van der Waals surface area contributed by atoms with Crippen LogP contribution in [0.1, 0.15) is 19.3 Å². The first-order valence-corrected chi connectivity index (χ1v) is 7.77. The lowest BCUT2D eigenvalue weighted by Gasteiger charge is -2.23. The Morgan fingerprint density at radius 1 is 1.36 bits per heavy atom. The highest BCUT2D eigenvalue weighted by Gasteiger charge is 2.57. The van der Waals surface area contributed by atoms with Crippen molar-refractivity contribution in [1.29, 1.82) is 0 Å². The molecule has 2 fully saturated rings. The third-order valence-electron chi connectivity index (χ3n) is 4.95. The molecule has 0 radical (unpaired) electrons. The molecule has 1 aliphatic carbocycles. The van der Waals surface area contributed by atoms with Crippen LogP contribution in [0.2, 0.25) is 0 Å². The molecule has 114 valence electrons. The van der Waals surface area contributed by atoms with Gasteiger partial charge >= 0.3 is 0 Å². The van der Waals surface area contributed by atoms with Gasteiger partial charge in [0, 0.05) is 17.2 Å². The van der Waals surface area contributed by atoms with Crippen LogP contribution in [0, 0.1) is 11.3 Å². The fourth-order valence-electron chi connectivity index (χ4n) is 3.53. The molecule has 22 heavy (non-hydrogen) atoms. The number of piperidine rings is 1. The van der Waals surface area contributed by atoms with Crippen molar-refractivity contribution in [3.63, 3.8) is 0 Å². The molecule has 2 heterocycles. The molecule has 2 N–H and O–H groups in total. The van der Waals surface area contributed by atoms with Crippen molar-refractivity contribution in [2.24, 2.45) is 11.3 Å². The van der Waals surface area contributed by atoms with Crippen molar-refractivity contribution >= 4 is 11.6 Å². The smallest absolute Gasteiger partial charge is 0.228 e. The number of amides is 1. The van der Waals surface area contributed by atoms with E-state index in [0.29, 0.717) is 5.76 Å². The molecule has 1 unspecified atom stereocenters. The summed E-state index contributed by atoms with van der Waals surface area (Å²) in [6.45, 7) is 2.06. The standard InChI is InChI=1S/C17H19N3O2/c21-16(14-9-17(14)4-6-18-7-5-17)20-13-3-1-2-12(8-13)15-10-19-11-22-15/h1-3,8,10-11,14,18H,4-7,9H2,(H,20,21). The van der Waals surface area contributed by atoms with Gasteiger partial charge in [-0.1, -0.05) is 12.1 Å². The minimum atomic E-state index is 0.150. The van der Waals surface area contributed by atoms with Crippen LogP contribution in [0.15, 0.2) is 41.3 Å². The van der Waals surface area contributed by atoms with Crippen molar-refractivity contribution in [1.82, 2.24) is 10.3 Å². The molecule has 1 aromatic carbocycles. The first-order chi connectivity index (χ1) is 10.8. The van der Waals surface area contributed by atoms with Gasteiger partial charge in [0.15, 0.2) is 12.2 Å². The van der Waals surface area contributed by atoms with E-state index in [-0.39, 0.29) is 17.2 Å². The molecule has 5 nitrogen and oxygen atoms in total. The van der Waals surface area contributed by atoms with Crippen LogP contribution in [0.3, 0.4) is 0 Å². The Bertz CT molecular complexity index is 675. The van der Waals surface area contributed by atoms with E-state index in [0.717, 1.165) is 43.6 Å². The van der Waals surface area contributed by atoms with E-state index in [1.54, 1.807) is 6.20 Å². The number of aromatic nitrogens is 1. The summed E-state index contributed by atoms with van der Waals surface area (Å²) in [6.07, 6.45) is 6.34. The van der Waals surface area contributed by atoms with E-state index in [1.807, 2.05) is 24.3 Å². The van der Waals surface area contributed by atoms with E-state index < -0.39 is 0 Å². The molecule has 1 amide bonds. The molecule has 0 bridgehead atoms. The molecule has 1 saturated carbocycles. The fraction of sp³-hybridized carbons (Fsp3) is 0.412. The van der Waals surface area contributed by atoms with Crippen molar-refractivity contribution in [3.8, 4) is 11.3 Å². The lowest BCUT2D eigenvalue weighted by Crippen LogP contribution is -2.31. The van der Waals surface area contributed by atoms with E-state index in [4.69, 9.17) is 4.42 Å². The number of carbonyl (C=O) groups excluding carboxylic acids is 1. The van der Waals surface area contributed by atoms with Crippen molar-refractivity contribution < 1.29 is 9.21 Å². The highest BCUT2D eigenvalue weighted by Crippen LogP contribution is 2.58. The number of carbonyl (C=O) groups is 1. The number of nitrogens with zero attached hydrogens (tertiary/aromatic N) is 1. The molecule has 4 rings (SSSR count). The van der Waals surface area contributed by atoms with Gasteiger partial charge in [-0.3, -0.25) is 4.79 Å². The number of hydrogen-bond donors (Lipinski definition) is 2. The third-order valence-corrected chi connectivity index (χ3v) is 4.95. The molecule has 1 aromatic heterocycles. The van der Waals surface area contributed by atoms with Crippen molar-refractivity contribution in [2.75, 3.05) is 18.4 Å². The topological polar surface area (TPSA) is 67.2 Å². The Labute approximate surface area is 129 Å². The second-order valence-electron chi connectivity index (χ2n) is 6.30. The quantitative estimate of drug-likeness (QED) is 0.914. The molecule has 5 heteroatoms. The molecule has 2 aromatic rings. The number of oxazole rings is 1. The molecule has 1 saturated heterocycles. The summed E-state index contributed by atoms with van der Waals surface area (Å²) in [4.78, 5) is 16.4.